The number of nitrogens with zero attached hydrogens (tertiary/aromatic N) is 1. The van der Waals surface area contributed by atoms with Gasteiger partial charge in [0, 0.05) is 12.0 Å². The fraction of sp³-hybridized carbons (Fsp3) is 0.267. The van der Waals surface area contributed by atoms with E-state index in [4.69, 9.17) is 26.8 Å². The summed E-state index contributed by atoms with van der Waals surface area (Å²) in [7, 11) is 0. The van der Waals surface area contributed by atoms with Gasteiger partial charge in [0.05, 0.1) is 13.2 Å². The molecule has 1 aliphatic rings. The summed E-state index contributed by atoms with van der Waals surface area (Å²) in [6.07, 6.45) is 0.901. The average Bonchev–Trinajstić information content (AvgIpc) is 2.55. The van der Waals surface area contributed by atoms with Gasteiger partial charge in [-0.25, -0.2) is 10.8 Å². The number of benzene rings is 1. The van der Waals surface area contributed by atoms with Crippen LogP contribution in [0, 0.1) is 5.92 Å². The molecular weight excluding hydrogens is 282 g/mol. The van der Waals surface area contributed by atoms with Gasteiger partial charge in [-0.15, -0.1) is 0 Å². The first-order chi connectivity index (χ1) is 10.7. The second-order valence-corrected chi connectivity index (χ2v) is 5.25. The summed E-state index contributed by atoms with van der Waals surface area (Å²) in [5.41, 5.74) is 15.6. The van der Waals surface area contributed by atoms with Gasteiger partial charge in [-0.3, -0.25) is 0 Å². The molecule has 2 heterocycles. The first-order valence-electron chi connectivity index (χ1n) is 7.03. The van der Waals surface area contributed by atoms with E-state index in [0.29, 0.717) is 36.3 Å². The number of anilines is 3. The molecule has 2 aromatic rings. The van der Waals surface area contributed by atoms with Gasteiger partial charge < -0.3 is 26.4 Å². The van der Waals surface area contributed by atoms with Gasteiger partial charge in [0.25, 0.3) is 0 Å². The van der Waals surface area contributed by atoms with Gasteiger partial charge in [-0.1, -0.05) is 18.2 Å². The highest BCUT2D eigenvalue weighted by Crippen LogP contribution is 2.31. The molecule has 0 saturated carbocycles. The van der Waals surface area contributed by atoms with Gasteiger partial charge in [0.1, 0.15) is 23.0 Å². The van der Waals surface area contributed by atoms with Gasteiger partial charge in [0.2, 0.25) is 0 Å². The molecule has 1 aromatic heterocycles. The zero-order chi connectivity index (χ0) is 15.5. The van der Waals surface area contributed by atoms with Gasteiger partial charge in [-0.2, -0.15) is 0 Å². The quantitative estimate of drug-likeness (QED) is 0.494. The van der Waals surface area contributed by atoms with Crippen LogP contribution in [0.5, 0.6) is 11.5 Å². The maximum Gasteiger partial charge on any atom is 0.169 e. The zero-order valence-corrected chi connectivity index (χ0v) is 12.1. The molecule has 1 unspecified atom stereocenters. The third-order valence-corrected chi connectivity index (χ3v) is 3.61. The second-order valence-electron chi connectivity index (χ2n) is 5.25. The summed E-state index contributed by atoms with van der Waals surface area (Å²) < 4.78 is 11.5. The third-order valence-electron chi connectivity index (χ3n) is 3.61. The summed E-state index contributed by atoms with van der Waals surface area (Å²) in [5, 5.41) is 0. The fourth-order valence-electron chi connectivity index (χ4n) is 2.49. The molecule has 7 N–H and O–H groups in total. The molecule has 7 heteroatoms. The van der Waals surface area contributed by atoms with Crippen molar-refractivity contribution in [2.75, 3.05) is 30.1 Å². The van der Waals surface area contributed by atoms with E-state index in [1.807, 2.05) is 18.2 Å². The lowest BCUT2D eigenvalue weighted by Gasteiger charge is -2.25. The van der Waals surface area contributed by atoms with E-state index in [1.54, 1.807) is 6.07 Å². The Balaban J connectivity index is 1.68. The standard InChI is InChI=1S/C15H19N5O2/c16-13-6-12(14(17)15(19-13)20-18)22-8-9-5-10-3-1-2-4-11(10)21-7-9/h1-4,6,9H,5,7-8,17-18H2,(H3,16,19,20). The molecule has 1 aromatic carbocycles. The summed E-state index contributed by atoms with van der Waals surface area (Å²) >= 11 is 0. The number of ether oxygens (including phenoxy) is 2. The van der Waals surface area contributed by atoms with Crippen molar-refractivity contribution in [3.63, 3.8) is 0 Å². The van der Waals surface area contributed by atoms with Crippen LogP contribution < -0.4 is 32.2 Å². The molecule has 0 bridgehead atoms. The van der Waals surface area contributed by atoms with E-state index in [1.165, 1.54) is 5.56 Å². The van der Waals surface area contributed by atoms with Crippen molar-refractivity contribution in [1.29, 1.82) is 0 Å². The van der Waals surface area contributed by atoms with Crippen molar-refractivity contribution in [3.8, 4) is 11.5 Å². The molecule has 116 valence electrons. The molecule has 7 nitrogen and oxygen atoms in total. The summed E-state index contributed by atoms with van der Waals surface area (Å²) in [5.74, 6) is 7.62. The van der Waals surface area contributed by atoms with Crippen LogP contribution in [0.4, 0.5) is 17.3 Å². The molecule has 1 atom stereocenters. The van der Waals surface area contributed by atoms with Gasteiger partial charge in [-0.05, 0) is 18.1 Å². The molecule has 0 aliphatic carbocycles. The molecule has 22 heavy (non-hydrogen) atoms. The Kier molecular flexibility index (Phi) is 3.88. The number of hydrazine groups is 1. The Labute approximate surface area is 128 Å². The van der Waals surface area contributed by atoms with E-state index < -0.39 is 0 Å². The smallest absolute Gasteiger partial charge is 0.169 e. The average molecular weight is 301 g/mol. The Morgan fingerprint density at radius 1 is 1.32 bits per heavy atom. The monoisotopic (exact) mass is 301 g/mol. The Morgan fingerprint density at radius 2 is 2.14 bits per heavy atom. The van der Waals surface area contributed by atoms with Crippen LogP contribution in [0.3, 0.4) is 0 Å². The third kappa shape index (κ3) is 2.84. The Morgan fingerprint density at radius 3 is 2.95 bits per heavy atom. The van der Waals surface area contributed by atoms with Crippen LogP contribution >= 0.6 is 0 Å². The summed E-state index contributed by atoms with van der Waals surface area (Å²) in [6, 6.07) is 9.61. The lowest BCUT2D eigenvalue weighted by molar-refractivity contribution is 0.159. The van der Waals surface area contributed by atoms with Crippen LogP contribution in [0.25, 0.3) is 0 Å². The second kappa shape index (κ2) is 5.98. The highest BCUT2D eigenvalue weighted by molar-refractivity contribution is 5.71. The predicted octanol–water partition coefficient (Wildman–Crippen LogP) is 1.16. The highest BCUT2D eigenvalue weighted by atomic mass is 16.5. The minimum Gasteiger partial charge on any atom is -0.493 e. The number of para-hydroxylation sites is 1. The predicted molar refractivity (Wildman–Crippen MR) is 85.5 cm³/mol. The number of hydrogen-bond acceptors (Lipinski definition) is 7. The minimum absolute atomic E-state index is 0.248. The number of aromatic nitrogens is 1. The van der Waals surface area contributed by atoms with Gasteiger partial charge in [0.15, 0.2) is 5.82 Å². The summed E-state index contributed by atoms with van der Waals surface area (Å²) in [4.78, 5) is 3.99. The zero-order valence-electron chi connectivity index (χ0n) is 12.1. The van der Waals surface area contributed by atoms with Crippen molar-refractivity contribution < 1.29 is 9.47 Å². The number of fused-ring (bicyclic) bond motifs is 1. The lowest BCUT2D eigenvalue weighted by atomic mass is 9.97. The largest absolute Gasteiger partial charge is 0.493 e. The van der Waals surface area contributed by atoms with Crippen molar-refractivity contribution >= 4 is 17.3 Å². The minimum atomic E-state index is 0.248. The van der Waals surface area contributed by atoms with Crippen molar-refractivity contribution in [3.05, 3.63) is 35.9 Å². The molecule has 0 amide bonds. The maximum atomic E-state index is 5.94. The molecule has 0 saturated heterocycles. The number of pyridine rings is 1. The number of hydrogen-bond donors (Lipinski definition) is 4. The number of rotatable bonds is 4. The lowest BCUT2D eigenvalue weighted by Crippen LogP contribution is -2.26. The molecule has 3 rings (SSSR count). The Bertz CT molecular complexity index is 677. The van der Waals surface area contributed by atoms with Crippen LogP contribution in [-0.4, -0.2) is 18.2 Å². The number of nitrogen functional groups attached to an aromatic ring is 3. The molecule has 1 aliphatic heterocycles. The van der Waals surface area contributed by atoms with E-state index in [-0.39, 0.29) is 5.92 Å². The first kappa shape index (κ1) is 14.3. The SMILES string of the molecule is NNc1nc(N)cc(OCC2COc3ccccc3C2)c1N. The topological polar surface area (TPSA) is 121 Å². The number of nitrogens with two attached hydrogens (primary N) is 3. The van der Waals surface area contributed by atoms with E-state index >= 15 is 0 Å². The van der Waals surface area contributed by atoms with Crippen molar-refractivity contribution in [1.82, 2.24) is 4.98 Å². The molecule has 0 radical (unpaired) electrons. The normalized spacial score (nSPS) is 16.5. The molecular formula is C15H19N5O2. The number of nitrogens with one attached hydrogen (secondary N) is 1. The summed E-state index contributed by atoms with van der Waals surface area (Å²) in [6.45, 7) is 1.09. The van der Waals surface area contributed by atoms with Crippen LogP contribution in [0.2, 0.25) is 0 Å². The van der Waals surface area contributed by atoms with Crippen LogP contribution in [-0.2, 0) is 6.42 Å². The fourth-order valence-corrected chi connectivity index (χ4v) is 2.49. The van der Waals surface area contributed by atoms with Crippen LogP contribution in [0.15, 0.2) is 30.3 Å². The maximum absolute atomic E-state index is 5.94. The van der Waals surface area contributed by atoms with E-state index in [9.17, 15) is 0 Å². The van der Waals surface area contributed by atoms with Crippen LogP contribution in [0.1, 0.15) is 5.56 Å². The molecule has 0 spiro atoms. The van der Waals surface area contributed by atoms with E-state index in [2.05, 4.69) is 16.5 Å². The van der Waals surface area contributed by atoms with Crippen molar-refractivity contribution in [2.24, 2.45) is 11.8 Å². The van der Waals surface area contributed by atoms with E-state index in [0.717, 1.165) is 12.2 Å². The van der Waals surface area contributed by atoms with Gasteiger partial charge >= 0.3 is 0 Å². The first-order valence-corrected chi connectivity index (χ1v) is 7.03. The molecule has 0 fully saturated rings. The highest BCUT2D eigenvalue weighted by Gasteiger charge is 2.21. The Hall–Kier alpha value is -2.67. The van der Waals surface area contributed by atoms with Crippen molar-refractivity contribution in [2.45, 2.75) is 6.42 Å².